The van der Waals surface area contributed by atoms with Crippen LogP contribution in [0.3, 0.4) is 0 Å². The second-order valence-electron chi connectivity index (χ2n) is 14.8. The second kappa shape index (κ2) is 12.9. The predicted octanol–water partition coefficient (Wildman–Crippen LogP) is 10.4. The van der Waals surface area contributed by atoms with E-state index in [4.69, 9.17) is 15.0 Å². The molecule has 0 amide bonds. The molecule has 7 heteroatoms. The summed E-state index contributed by atoms with van der Waals surface area (Å²) in [5.41, 5.74) is 8.06. The molecule has 58 heavy (non-hydrogen) atoms. The minimum atomic E-state index is 0.489. The number of para-hydroxylation sites is 1. The van der Waals surface area contributed by atoms with Crippen LogP contribution in [-0.4, -0.2) is 34.1 Å². The summed E-state index contributed by atoms with van der Waals surface area (Å²) >= 11 is 0. The number of pyridine rings is 2. The highest BCUT2D eigenvalue weighted by Crippen LogP contribution is 2.36. The summed E-state index contributed by atoms with van der Waals surface area (Å²) in [7, 11) is 0. The summed E-state index contributed by atoms with van der Waals surface area (Å²) in [5, 5.41) is 11.1. The maximum atomic E-state index is 5.03. The fraction of sp³-hybridized carbons (Fsp3) is 0.0392. The van der Waals surface area contributed by atoms with E-state index in [9.17, 15) is 0 Å². The van der Waals surface area contributed by atoms with Crippen molar-refractivity contribution in [3.8, 4) is 45.8 Å². The Kier molecular flexibility index (Phi) is 7.22. The highest BCUT2D eigenvalue weighted by molar-refractivity contribution is 6.11. The fourth-order valence-electron chi connectivity index (χ4n) is 8.85. The number of hydrogen-bond donors (Lipinski definition) is 0. The molecule has 0 bridgehead atoms. The molecule has 0 saturated carbocycles. The van der Waals surface area contributed by atoms with E-state index in [1.165, 1.54) is 54.3 Å². The number of fused-ring (bicyclic) bond motifs is 9. The van der Waals surface area contributed by atoms with Crippen LogP contribution in [0.1, 0.15) is 12.8 Å². The molecular weight excluding hydrogens is 711 g/mol. The second-order valence-corrected chi connectivity index (χ2v) is 14.8. The lowest BCUT2D eigenvalue weighted by atomic mass is 10.0. The van der Waals surface area contributed by atoms with Crippen LogP contribution in [0.4, 0.5) is 0 Å². The molecule has 11 aromatic rings. The van der Waals surface area contributed by atoms with Crippen molar-refractivity contribution < 1.29 is 0 Å². The van der Waals surface area contributed by atoms with Crippen LogP contribution in [0.25, 0.3) is 112 Å². The van der Waals surface area contributed by atoms with Crippen LogP contribution in [0.2, 0.25) is 0 Å². The molecule has 0 N–H and O–H groups in total. The van der Waals surface area contributed by atoms with Gasteiger partial charge in [-0.25, -0.2) is 4.98 Å². The van der Waals surface area contributed by atoms with Crippen LogP contribution in [-0.2, 0) is 0 Å². The van der Waals surface area contributed by atoms with E-state index in [0.717, 1.165) is 40.2 Å². The third-order valence-corrected chi connectivity index (χ3v) is 11.5. The van der Waals surface area contributed by atoms with Gasteiger partial charge in [-0.1, -0.05) is 97.1 Å². The Hall–Kier alpha value is -7.77. The molecule has 0 radical (unpaired) electrons. The molecule has 0 spiro atoms. The summed E-state index contributed by atoms with van der Waals surface area (Å²) in [6.07, 6.45) is 10.4. The van der Waals surface area contributed by atoms with Crippen LogP contribution in [0.15, 0.2) is 164 Å². The van der Waals surface area contributed by atoms with Crippen molar-refractivity contribution >= 4 is 66.4 Å². The van der Waals surface area contributed by atoms with Gasteiger partial charge in [-0.05, 0) is 112 Å². The minimum Gasteiger partial charge on any atom is -0.310 e. The van der Waals surface area contributed by atoms with Crippen LogP contribution in [0, 0.1) is 0 Å². The van der Waals surface area contributed by atoms with E-state index in [2.05, 4.69) is 147 Å². The number of nitrogens with zero attached hydrogens (tertiary/aromatic N) is 7. The van der Waals surface area contributed by atoms with E-state index in [1.54, 1.807) is 12.4 Å². The number of aromatic nitrogens is 7. The first kappa shape index (κ1) is 32.5. The average Bonchev–Trinajstić information content (AvgIpc) is 3.81. The smallest absolute Gasteiger partial charge is 0.238 e. The van der Waals surface area contributed by atoms with Gasteiger partial charge in [0, 0.05) is 44.8 Å². The molecule has 7 nitrogen and oxygen atoms in total. The Labute approximate surface area is 332 Å². The number of hydrogen-bond acceptors (Lipinski definition) is 5. The normalized spacial score (nSPS) is 12.6. The molecule has 0 unspecified atom stereocenters. The van der Waals surface area contributed by atoms with Gasteiger partial charge in [0.25, 0.3) is 0 Å². The minimum absolute atomic E-state index is 0.489. The van der Waals surface area contributed by atoms with Gasteiger partial charge < -0.3 is 4.57 Å². The molecule has 5 aromatic heterocycles. The third kappa shape index (κ3) is 5.10. The highest BCUT2D eigenvalue weighted by Gasteiger charge is 2.20. The third-order valence-electron chi connectivity index (χ3n) is 11.5. The van der Waals surface area contributed by atoms with Crippen molar-refractivity contribution in [2.75, 3.05) is 0 Å². The van der Waals surface area contributed by atoms with Crippen LogP contribution >= 0.6 is 0 Å². The molecule has 0 atom stereocenters. The Morgan fingerprint density at radius 1 is 0.414 bits per heavy atom. The summed E-state index contributed by atoms with van der Waals surface area (Å²) in [6, 6.07) is 53.6. The van der Waals surface area contributed by atoms with E-state index in [1.807, 2.05) is 36.4 Å². The quantitative estimate of drug-likeness (QED) is 0.164. The molecule has 0 saturated heterocycles. The lowest BCUT2D eigenvalue weighted by Crippen LogP contribution is -2.30. The standard InChI is InChI=1S/C51H33N7/c1-2-12-37-32(11-1)19-20-35-29-36(23-24-38(35)37)57-45-17-5-3-13-39(45)41-30-33(21-25-47(41)57)34-22-26-48-42(31-34)40-14-4-6-18-46(40)58(48)51-55-49(43-15-7-9-27-52-43)54-50(56-51)44-16-8-10-28-53-44/h1-2,4,6-31H,3,5H2. The maximum absolute atomic E-state index is 5.03. The van der Waals surface area contributed by atoms with Gasteiger partial charge in [0.05, 0.1) is 16.6 Å². The summed E-state index contributed by atoms with van der Waals surface area (Å²) < 4.78 is 4.58. The number of benzene rings is 6. The van der Waals surface area contributed by atoms with E-state index in [-0.39, 0.29) is 0 Å². The summed E-state index contributed by atoms with van der Waals surface area (Å²) in [5.74, 6) is 1.49. The largest absolute Gasteiger partial charge is 0.310 e. The van der Waals surface area contributed by atoms with Crippen molar-refractivity contribution in [3.05, 3.63) is 175 Å². The molecular formula is C51H33N7. The van der Waals surface area contributed by atoms with Gasteiger partial charge in [0.1, 0.15) is 11.4 Å². The molecule has 6 aromatic carbocycles. The molecule has 1 aliphatic rings. The van der Waals surface area contributed by atoms with Crippen molar-refractivity contribution in [3.63, 3.8) is 0 Å². The Bertz CT molecular complexity index is 3510. The number of rotatable bonds is 5. The SMILES string of the molecule is C1=c2c(n(-c3ccc4c(ccc5ccccc54)c3)c3ccc(-c4ccc5c(c4)c4ccccc4n5-c4nc(-c5ccccn5)nc(-c5ccccn5)n4)cc23)=CCC1. The van der Waals surface area contributed by atoms with Gasteiger partial charge in [-0.2, -0.15) is 9.97 Å². The van der Waals surface area contributed by atoms with Crippen molar-refractivity contribution in [1.82, 2.24) is 34.1 Å². The maximum Gasteiger partial charge on any atom is 0.238 e. The Balaban J connectivity index is 1.02. The van der Waals surface area contributed by atoms with Crippen molar-refractivity contribution in [1.29, 1.82) is 0 Å². The topological polar surface area (TPSA) is 74.3 Å². The first-order valence-electron chi connectivity index (χ1n) is 19.6. The fourth-order valence-corrected chi connectivity index (χ4v) is 8.85. The predicted molar refractivity (Wildman–Crippen MR) is 235 cm³/mol. The zero-order chi connectivity index (χ0) is 38.2. The lowest BCUT2D eigenvalue weighted by Gasteiger charge is -2.11. The first-order valence-corrected chi connectivity index (χ1v) is 19.6. The first-order chi connectivity index (χ1) is 28.7. The average molecular weight is 744 g/mol. The molecule has 1 aliphatic carbocycles. The molecule has 272 valence electrons. The Morgan fingerprint density at radius 2 is 1.03 bits per heavy atom. The monoisotopic (exact) mass is 743 g/mol. The van der Waals surface area contributed by atoms with E-state index in [0.29, 0.717) is 29.0 Å². The zero-order valence-corrected chi connectivity index (χ0v) is 31.3. The van der Waals surface area contributed by atoms with Gasteiger partial charge >= 0.3 is 0 Å². The molecule has 5 heterocycles. The van der Waals surface area contributed by atoms with Gasteiger partial charge in [-0.3, -0.25) is 14.5 Å². The van der Waals surface area contributed by atoms with Crippen LogP contribution < -0.4 is 10.6 Å². The molecule has 12 rings (SSSR count). The molecule has 0 fully saturated rings. The lowest BCUT2D eigenvalue weighted by molar-refractivity contribution is 0.943. The molecule has 0 aliphatic heterocycles. The zero-order valence-electron chi connectivity index (χ0n) is 31.3. The van der Waals surface area contributed by atoms with E-state index < -0.39 is 0 Å². The van der Waals surface area contributed by atoms with Crippen molar-refractivity contribution in [2.45, 2.75) is 12.8 Å². The van der Waals surface area contributed by atoms with Gasteiger partial charge in [0.15, 0.2) is 11.6 Å². The van der Waals surface area contributed by atoms with Crippen molar-refractivity contribution in [2.24, 2.45) is 0 Å². The Morgan fingerprint density at radius 3 is 1.79 bits per heavy atom. The van der Waals surface area contributed by atoms with E-state index >= 15 is 0 Å². The summed E-state index contributed by atoms with van der Waals surface area (Å²) in [4.78, 5) is 24.0. The van der Waals surface area contributed by atoms with Gasteiger partial charge in [0.2, 0.25) is 5.95 Å². The highest BCUT2D eigenvalue weighted by atomic mass is 15.2. The van der Waals surface area contributed by atoms with Gasteiger partial charge in [-0.15, -0.1) is 0 Å². The van der Waals surface area contributed by atoms with Crippen LogP contribution in [0.5, 0.6) is 0 Å². The summed E-state index contributed by atoms with van der Waals surface area (Å²) in [6.45, 7) is 0.